The maximum atomic E-state index is 13.4. The van der Waals surface area contributed by atoms with Gasteiger partial charge in [-0.25, -0.2) is 14.4 Å². The van der Waals surface area contributed by atoms with Gasteiger partial charge in [-0.2, -0.15) is 0 Å². The van der Waals surface area contributed by atoms with Gasteiger partial charge in [0.25, 0.3) is 0 Å². The average molecular weight is 390 g/mol. The van der Waals surface area contributed by atoms with Crippen molar-refractivity contribution in [2.24, 2.45) is 0 Å². The van der Waals surface area contributed by atoms with Crippen LogP contribution in [0.25, 0.3) is 11.4 Å². The first-order valence-electron chi connectivity index (χ1n) is 5.84. The van der Waals surface area contributed by atoms with Gasteiger partial charge in [-0.05, 0) is 53.6 Å². The van der Waals surface area contributed by atoms with Crippen molar-refractivity contribution >= 4 is 40.0 Å². The van der Waals surface area contributed by atoms with Crippen LogP contribution >= 0.6 is 34.2 Å². The van der Waals surface area contributed by atoms with Gasteiger partial charge in [0.2, 0.25) is 0 Å². The Morgan fingerprint density at radius 1 is 1.26 bits per heavy atom. The van der Waals surface area contributed by atoms with Gasteiger partial charge in [0, 0.05) is 16.5 Å². The number of nitrogens with zero attached hydrogens (tertiary/aromatic N) is 2. The molecule has 1 aliphatic rings. The Balaban J connectivity index is 2.14. The monoisotopic (exact) mass is 389 g/mol. The summed E-state index contributed by atoms with van der Waals surface area (Å²) in [7, 11) is 0. The first-order valence-corrected chi connectivity index (χ1v) is 7.29. The molecule has 3 rings (SSSR count). The molecule has 0 unspecified atom stereocenters. The standard InChI is InChI=1S/C13H10ClFIN3/c14-8-3-7(4-9(15)5-8)13-18-11(6-1-2-6)10(16)12(17)19-13/h3-6H,1-2H2,(H2,17,18,19). The Kier molecular flexibility index (Phi) is 3.34. The van der Waals surface area contributed by atoms with Crippen molar-refractivity contribution in [2.45, 2.75) is 18.8 Å². The predicted octanol–water partition coefficient (Wildman–Crippen LogP) is 4.00. The molecule has 1 aromatic heterocycles. The lowest BCUT2D eigenvalue weighted by Crippen LogP contribution is -2.04. The third-order valence-electron chi connectivity index (χ3n) is 2.99. The molecule has 0 spiro atoms. The summed E-state index contributed by atoms with van der Waals surface area (Å²) < 4.78 is 14.3. The van der Waals surface area contributed by atoms with Gasteiger partial charge in [0.15, 0.2) is 5.82 Å². The number of hydrogen-bond acceptors (Lipinski definition) is 3. The van der Waals surface area contributed by atoms with Crippen LogP contribution in [0.4, 0.5) is 10.2 Å². The summed E-state index contributed by atoms with van der Waals surface area (Å²) in [5.41, 5.74) is 7.43. The Morgan fingerprint density at radius 3 is 2.63 bits per heavy atom. The van der Waals surface area contributed by atoms with E-state index >= 15 is 0 Å². The number of nitrogens with two attached hydrogens (primary N) is 1. The Morgan fingerprint density at radius 2 is 2.00 bits per heavy atom. The van der Waals surface area contributed by atoms with Gasteiger partial charge >= 0.3 is 0 Å². The van der Waals surface area contributed by atoms with Gasteiger partial charge in [-0.1, -0.05) is 11.6 Å². The molecule has 1 aliphatic carbocycles. The lowest BCUT2D eigenvalue weighted by Gasteiger charge is -2.08. The second-order valence-corrected chi connectivity index (χ2v) is 6.08. The molecule has 0 atom stereocenters. The van der Waals surface area contributed by atoms with Crippen LogP contribution < -0.4 is 5.73 Å². The van der Waals surface area contributed by atoms with E-state index in [4.69, 9.17) is 17.3 Å². The minimum absolute atomic E-state index is 0.323. The highest BCUT2D eigenvalue weighted by Crippen LogP contribution is 2.42. The normalized spacial score (nSPS) is 14.7. The molecule has 1 aromatic carbocycles. The molecule has 1 heterocycles. The summed E-state index contributed by atoms with van der Waals surface area (Å²) in [5, 5.41) is 0.323. The van der Waals surface area contributed by atoms with Crippen molar-refractivity contribution in [3.05, 3.63) is 38.3 Å². The zero-order valence-corrected chi connectivity index (χ0v) is 12.7. The minimum atomic E-state index is -0.406. The van der Waals surface area contributed by atoms with Crippen molar-refractivity contribution in [2.75, 3.05) is 5.73 Å². The van der Waals surface area contributed by atoms with E-state index in [1.165, 1.54) is 12.1 Å². The molecule has 0 aliphatic heterocycles. The number of anilines is 1. The lowest BCUT2D eigenvalue weighted by atomic mass is 10.2. The third-order valence-corrected chi connectivity index (χ3v) is 4.31. The summed E-state index contributed by atoms with van der Waals surface area (Å²) in [6, 6.07) is 4.26. The maximum Gasteiger partial charge on any atom is 0.161 e. The van der Waals surface area contributed by atoms with Gasteiger partial charge < -0.3 is 5.73 Å². The molecule has 6 heteroatoms. The van der Waals surface area contributed by atoms with Gasteiger partial charge in [-0.3, -0.25) is 0 Å². The summed E-state index contributed by atoms with van der Waals surface area (Å²) in [4.78, 5) is 8.75. The number of benzene rings is 1. The minimum Gasteiger partial charge on any atom is -0.383 e. The average Bonchev–Trinajstić information content (AvgIpc) is 3.15. The molecule has 3 nitrogen and oxygen atoms in total. The highest BCUT2D eigenvalue weighted by Gasteiger charge is 2.29. The molecular formula is C13H10ClFIN3. The summed E-state index contributed by atoms with van der Waals surface area (Å²) in [6.45, 7) is 0. The first kappa shape index (κ1) is 13.1. The fraction of sp³-hybridized carbons (Fsp3) is 0.231. The van der Waals surface area contributed by atoms with Crippen LogP contribution in [-0.4, -0.2) is 9.97 Å². The van der Waals surface area contributed by atoms with Crippen molar-refractivity contribution in [1.29, 1.82) is 0 Å². The first-order chi connectivity index (χ1) is 9.04. The molecule has 0 saturated heterocycles. The topological polar surface area (TPSA) is 51.8 Å². The number of nitrogen functional groups attached to an aromatic ring is 1. The van der Waals surface area contributed by atoms with Crippen LogP contribution in [0.3, 0.4) is 0 Å². The number of halogens is 3. The largest absolute Gasteiger partial charge is 0.383 e. The van der Waals surface area contributed by atoms with Crippen LogP contribution in [-0.2, 0) is 0 Å². The molecule has 19 heavy (non-hydrogen) atoms. The third kappa shape index (κ3) is 2.67. The van der Waals surface area contributed by atoms with Gasteiger partial charge in [0.1, 0.15) is 11.6 Å². The summed E-state index contributed by atoms with van der Waals surface area (Å²) in [5.74, 6) is 0.922. The van der Waals surface area contributed by atoms with Crippen LogP contribution in [0.2, 0.25) is 5.02 Å². The second kappa shape index (κ2) is 4.86. The van der Waals surface area contributed by atoms with E-state index in [1.807, 2.05) is 0 Å². The zero-order valence-electron chi connectivity index (χ0n) is 9.83. The van der Waals surface area contributed by atoms with Crippen molar-refractivity contribution in [3.8, 4) is 11.4 Å². The fourth-order valence-electron chi connectivity index (χ4n) is 1.92. The second-order valence-electron chi connectivity index (χ2n) is 4.56. The molecule has 1 fully saturated rings. The van der Waals surface area contributed by atoms with Crippen LogP contribution in [0, 0.1) is 9.39 Å². The van der Waals surface area contributed by atoms with E-state index in [0.29, 0.717) is 28.1 Å². The van der Waals surface area contributed by atoms with E-state index in [1.54, 1.807) is 6.07 Å². The van der Waals surface area contributed by atoms with Crippen molar-refractivity contribution < 1.29 is 4.39 Å². The zero-order chi connectivity index (χ0) is 13.6. The van der Waals surface area contributed by atoms with Crippen molar-refractivity contribution in [1.82, 2.24) is 9.97 Å². The molecule has 0 radical (unpaired) electrons. The number of rotatable bonds is 2. The van der Waals surface area contributed by atoms with Crippen molar-refractivity contribution in [3.63, 3.8) is 0 Å². The highest BCUT2D eigenvalue weighted by molar-refractivity contribution is 14.1. The van der Waals surface area contributed by atoms with Crippen LogP contribution in [0.15, 0.2) is 18.2 Å². The Bertz CT molecular complexity index is 638. The summed E-state index contributed by atoms with van der Waals surface area (Å²) >= 11 is 8.02. The molecule has 2 N–H and O–H groups in total. The van der Waals surface area contributed by atoms with E-state index in [9.17, 15) is 4.39 Å². The van der Waals surface area contributed by atoms with E-state index < -0.39 is 5.82 Å². The summed E-state index contributed by atoms with van der Waals surface area (Å²) in [6.07, 6.45) is 2.24. The van der Waals surface area contributed by atoms with Gasteiger partial charge in [0.05, 0.1) is 9.26 Å². The van der Waals surface area contributed by atoms with E-state index in [0.717, 1.165) is 22.1 Å². The Hall–Kier alpha value is -0.950. The van der Waals surface area contributed by atoms with E-state index in [2.05, 4.69) is 32.6 Å². The highest BCUT2D eigenvalue weighted by atomic mass is 127. The maximum absolute atomic E-state index is 13.4. The molecule has 2 aromatic rings. The Labute approximate surface area is 128 Å². The van der Waals surface area contributed by atoms with Gasteiger partial charge in [-0.15, -0.1) is 0 Å². The predicted molar refractivity (Wildman–Crippen MR) is 81.5 cm³/mol. The number of hydrogen-bond donors (Lipinski definition) is 1. The quantitative estimate of drug-likeness (QED) is 0.790. The van der Waals surface area contributed by atoms with E-state index in [-0.39, 0.29) is 0 Å². The fourth-order valence-corrected chi connectivity index (χ4v) is 2.83. The van der Waals surface area contributed by atoms with Crippen LogP contribution in [0.5, 0.6) is 0 Å². The molecule has 1 saturated carbocycles. The molecule has 0 amide bonds. The SMILES string of the molecule is Nc1nc(-c2cc(F)cc(Cl)c2)nc(C2CC2)c1I. The lowest BCUT2D eigenvalue weighted by molar-refractivity contribution is 0.628. The smallest absolute Gasteiger partial charge is 0.161 e. The molecule has 0 bridgehead atoms. The molecular weight excluding hydrogens is 380 g/mol. The van der Waals surface area contributed by atoms with Crippen LogP contribution in [0.1, 0.15) is 24.5 Å². The number of aromatic nitrogens is 2. The molecule has 98 valence electrons.